The maximum absolute atomic E-state index is 12.7. The summed E-state index contributed by atoms with van der Waals surface area (Å²) in [6.07, 6.45) is 1.77. The summed E-state index contributed by atoms with van der Waals surface area (Å²) >= 11 is 0. The molecule has 0 atom stereocenters. The number of nitrogens with zero attached hydrogens (tertiary/aromatic N) is 2. The van der Waals surface area contributed by atoms with Crippen LogP contribution in [-0.2, 0) is 6.42 Å². The first-order chi connectivity index (χ1) is 11.4. The van der Waals surface area contributed by atoms with E-state index in [1.165, 1.54) is 10.5 Å². The van der Waals surface area contributed by atoms with Crippen LogP contribution in [0.15, 0.2) is 24.3 Å². The summed E-state index contributed by atoms with van der Waals surface area (Å²) < 4.78 is 1.89. The van der Waals surface area contributed by atoms with Gasteiger partial charge >= 0.3 is 0 Å². The smallest absolute Gasteiger partial charge is 0.255 e. The highest BCUT2D eigenvalue weighted by Gasteiger charge is 2.21. The van der Waals surface area contributed by atoms with Crippen LogP contribution in [0.3, 0.4) is 0 Å². The van der Waals surface area contributed by atoms with Gasteiger partial charge in [-0.05, 0) is 32.4 Å². The van der Waals surface area contributed by atoms with E-state index in [0.717, 1.165) is 42.0 Å². The van der Waals surface area contributed by atoms with E-state index in [1.807, 2.05) is 23.7 Å². The molecular weight excluding hydrogens is 300 g/mol. The van der Waals surface area contributed by atoms with E-state index in [9.17, 15) is 4.79 Å². The van der Waals surface area contributed by atoms with Crippen LogP contribution >= 0.6 is 0 Å². The van der Waals surface area contributed by atoms with Gasteiger partial charge in [0, 0.05) is 0 Å². The van der Waals surface area contributed by atoms with Crippen molar-refractivity contribution in [2.24, 2.45) is 0 Å². The molecule has 1 aromatic carbocycles. The average molecular weight is 329 g/mol. The Morgan fingerprint density at radius 3 is 2.46 bits per heavy atom. The minimum atomic E-state index is -0.0180. The SMILES string of the molecule is CCCc1nn(-c2ccc(C)cc2)c(C)c1C(=O)NCC[NH+](C)C. The largest absolute Gasteiger partial charge is 0.346 e. The molecule has 24 heavy (non-hydrogen) atoms. The van der Waals surface area contributed by atoms with E-state index < -0.39 is 0 Å². The Labute approximate surface area is 144 Å². The predicted molar refractivity (Wildman–Crippen MR) is 97.0 cm³/mol. The van der Waals surface area contributed by atoms with E-state index in [4.69, 9.17) is 5.10 Å². The maximum atomic E-state index is 12.7. The molecule has 0 saturated carbocycles. The number of nitrogens with one attached hydrogen (secondary N) is 2. The van der Waals surface area contributed by atoms with Gasteiger partial charge in [-0.2, -0.15) is 5.10 Å². The van der Waals surface area contributed by atoms with Crippen molar-refractivity contribution in [2.45, 2.75) is 33.6 Å². The highest BCUT2D eigenvalue weighted by molar-refractivity contribution is 5.96. The molecule has 2 aromatic rings. The molecule has 0 bridgehead atoms. The fourth-order valence-corrected chi connectivity index (χ4v) is 2.72. The van der Waals surface area contributed by atoms with Gasteiger partial charge in [0.2, 0.25) is 0 Å². The summed E-state index contributed by atoms with van der Waals surface area (Å²) in [5.41, 5.74) is 4.71. The van der Waals surface area contributed by atoms with Crippen molar-refractivity contribution in [1.82, 2.24) is 15.1 Å². The topological polar surface area (TPSA) is 51.4 Å². The second kappa shape index (κ2) is 8.11. The summed E-state index contributed by atoms with van der Waals surface area (Å²) in [7, 11) is 4.16. The maximum Gasteiger partial charge on any atom is 0.255 e. The van der Waals surface area contributed by atoms with Crippen LogP contribution in [0.25, 0.3) is 5.69 Å². The Balaban J connectivity index is 2.32. The first kappa shape index (κ1) is 18.2. The van der Waals surface area contributed by atoms with E-state index in [0.29, 0.717) is 6.54 Å². The highest BCUT2D eigenvalue weighted by Crippen LogP contribution is 2.20. The van der Waals surface area contributed by atoms with Gasteiger partial charge in [-0.15, -0.1) is 0 Å². The number of quaternary nitrogens is 1. The minimum Gasteiger partial charge on any atom is -0.346 e. The third-order valence-corrected chi connectivity index (χ3v) is 4.09. The molecule has 0 saturated heterocycles. The molecule has 5 nitrogen and oxygen atoms in total. The summed E-state index contributed by atoms with van der Waals surface area (Å²) in [5, 5.41) is 7.75. The molecule has 0 spiro atoms. The number of hydrogen-bond acceptors (Lipinski definition) is 2. The number of rotatable bonds is 7. The summed E-state index contributed by atoms with van der Waals surface area (Å²) in [4.78, 5) is 14.0. The minimum absolute atomic E-state index is 0.0180. The van der Waals surface area contributed by atoms with E-state index in [2.05, 4.69) is 45.4 Å². The molecule has 5 heteroatoms. The van der Waals surface area contributed by atoms with Gasteiger partial charge < -0.3 is 10.2 Å². The van der Waals surface area contributed by atoms with Crippen molar-refractivity contribution in [1.29, 1.82) is 0 Å². The number of aromatic nitrogens is 2. The van der Waals surface area contributed by atoms with Gasteiger partial charge in [-0.1, -0.05) is 31.0 Å². The fraction of sp³-hybridized carbons (Fsp3) is 0.474. The van der Waals surface area contributed by atoms with Crippen molar-refractivity contribution in [3.63, 3.8) is 0 Å². The number of hydrogen-bond donors (Lipinski definition) is 2. The molecule has 0 radical (unpaired) electrons. The average Bonchev–Trinajstić information content (AvgIpc) is 2.84. The summed E-state index contributed by atoms with van der Waals surface area (Å²) in [5.74, 6) is -0.0180. The van der Waals surface area contributed by atoms with Gasteiger partial charge in [0.05, 0.1) is 49.8 Å². The first-order valence-corrected chi connectivity index (χ1v) is 8.66. The Bertz CT molecular complexity index is 686. The quantitative estimate of drug-likeness (QED) is 0.805. The van der Waals surface area contributed by atoms with Crippen molar-refractivity contribution in [3.05, 3.63) is 46.8 Å². The molecule has 0 aliphatic rings. The van der Waals surface area contributed by atoms with Crippen molar-refractivity contribution < 1.29 is 9.69 Å². The first-order valence-electron chi connectivity index (χ1n) is 8.66. The van der Waals surface area contributed by atoms with Crippen LogP contribution in [0.5, 0.6) is 0 Å². The monoisotopic (exact) mass is 329 g/mol. The Kier molecular flexibility index (Phi) is 6.15. The predicted octanol–water partition coefficient (Wildman–Crippen LogP) is 1.32. The Hall–Kier alpha value is -2.14. The lowest BCUT2D eigenvalue weighted by Crippen LogP contribution is -3.06. The lowest BCUT2D eigenvalue weighted by atomic mass is 10.1. The van der Waals surface area contributed by atoms with Crippen molar-refractivity contribution in [2.75, 3.05) is 27.2 Å². The van der Waals surface area contributed by atoms with Crippen molar-refractivity contribution >= 4 is 5.91 Å². The number of amides is 1. The van der Waals surface area contributed by atoms with Crippen LogP contribution in [0.4, 0.5) is 0 Å². The third kappa shape index (κ3) is 4.23. The van der Waals surface area contributed by atoms with E-state index in [-0.39, 0.29) is 5.91 Å². The zero-order valence-corrected chi connectivity index (χ0v) is 15.4. The summed E-state index contributed by atoms with van der Waals surface area (Å²) in [6, 6.07) is 8.22. The number of carbonyl (C=O) groups excluding carboxylic acids is 1. The zero-order valence-electron chi connectivity index (χ0n) is 15.4. The molecule has 130 valence electrons. The molecule has 0 aliphatic heterocycles. The van der Waals surface area contributed by atoms with E-state index >= 15 is 0 Å². The Morgan fingerprint density at radius 2 is 1.88 bits per heavy atom. The van der Waals surface area contributed by atoms with Gasteiger partial charge in [-0.3, -0.25) is 4.79 Å². The third-order valence-electron chi connectivity index (χ3n) is 4.09. The van der Waals surface area contributed by atoms with E-state index in [1.54, 1.807) is 0 Å². The van der Waals surface area contributed by atoms with Crippen LogP contribution in [0.2, 0.25) is 0 Å². The van der Waals surface area contributed by atoms with Gasteiger partial charge in [0.25, 0.3) is 5.91 Å². The molecule has 0 fully saturated rings. The summed E-state index contributed by atoms with van der Waals surface area (Å²) in [6.45, 7) is 7.71. The molecule has 1 aromatic heterocycles. The van der Waals surface area contributed by atoms with Crippen LogP contribution in [-0.4, -0.2) is 42.9 Å². The molecule has 2 N–H and O–H groups in total. The molecule has 2 rings (SSSR count). The van der Waals surface area contributed by atoms with Gasteiger partial charge in [0.1, 0.15) is 0 Å². The normalized spacial score (nSPS) is 11.1. The highest BCUT2D eigenvalue weighted by atomic mass is 16.1. The number of carbonyl (C=O) groups is 1. The lowest BCUT2D eigenvalue weighted by molar-refractivity contribution is -0.856. The molecule has 0 aliphatic carbocycles. The van der Waals surface area contributed by atoms with Gasteiger partial charge in [-0.25, -0.2) is 4.68 Å². The Morgan fingerprint density at radius 1 is 1.21 bits per heavy atom. The second-order valence-corrected chi connectivity index (χ2v) is 6.62. The van der Waals surface area contributed by atoms with Crippen molar-refractivity contribution in [3.8, 4) is 5.69 Å². The molecule has 0 unspecified atom stereocenters. The lowest BCUT2D eigenvalue weighted by Gasteiger charge is -2.09. The van der Waals surface area contributed by atoms with Crippen LogP contribution < -0.4 is 10.2 Å². The van der Waals surface area contributed by atoms with Gasteiger partial charge in [0.15, 0.2) is 0 Å². The fourth-order valence-electron chi connectivity index (χ4n) is 2.72. The zero-order chi connectivity index (χ0) is 17.7. The van der Waals surface area contributed by atoms with Crippen LogP contribution in [0, 0.1) is 13.8 Å². The standard InChI is InChI=1S/C19H28N4O/c1-6-7-17-18(19(24)20-12-13-22(4)5)15(3)23(21-17)16-10-8-14(2)9-11-16/h8-11H,6-7,12-13H2,1-5H3,(H,20,24)/p+1. The number of likely N-dealkylation sites (N-methyl/N-ethyl adjacent to an activating group) is 1. The molecular formula is C19H29N4O+. The number of aryl methyl sites for hydroxylation is 2. The number of benzene rings is 1. The molecule has 1 heterocycles. The van der Waals surface area contributed by atoms with Crippen LogP contribution in [0.1, 0.15) is 40.7 Å². The second-order valence-electron chi connectivity index (χ2n) is 6.62. The molecule has 1 amide bonds.